The summed E-state index contributed by atoms with van der Waals surface area (Å²) in [5, 5.41) is 14.9. The summed E-state index contributed by atoms with van der Waals surface area (Å²) in [4.78, 5) is 25.3. The summed E-state index contributed by atoms with van der Waals surface area (Å²) in [7, 11) is 1.58. The number of carboxylic acids is 1. The molecule has 0 saturated heterocycles. The largest absolute Gasteiger partial charge is 0.490 e. The maximum Gasteiger partial charge on any atom is 0.490 e. The van der Waals surface area contributed by atoms with Crippen LogP contribution >= 0.6 is 0 Å². The minimum Gasteiger partial charge on any atom is -0.481 e. The van der Waals surface area contributed by atoms with Crippen molar-refractivity contribution < 1.29 is 37.3 Å². The first-order valence-corrected chi connectivity index (χ1v) is 11.4. The number of nitrogens with one attached hydrogen (secondary N) is 1. The number of methoxy groups -OCH3 is 1. The molecule has 1 aromatic carbocycles. The Hall–Kier alpha value is -3.93. The van der Waals surface area contributed by atoms with Gasteiger partial charge in [-0.1, -0.05) is 30.3 Å². The van der Waals surface area contributed by atoms with Gasteiger partial charge in [-0.2, -0.15) is 18.3 Å². The van der Waals surface area contributed by atoms with E-state index in [9.17, 15) is 18.0 Å². The molecule has 9 nitrogen and oxygen atoms in total. The molecule has 198 valence electrons. The first-order valence-electron chi connectivity index (χ1n) is 11.4. The maximum absolute atomic E-state index is 12.3. The number of carboxylic acid groups (broad SMARTS) is 1. The first kappa shape index (κ1) is 27.7. The van der Waals surface area contributed by atoms with E-state index in [0.29, 0.717) is 31.9 Å². The zero-order valence-corrected chi connectivity index (χ0v) is 20.1. The molecule has 37 heavy (non-hydrogen) atoms. The Morgan fingerprint density at radius 2 is 1.95 bits per heavy atom. The minimum atomic E-state index is -5.08. The fourth-order valence-electron chi connectivity index (χ4n) is 3.61. The van der Waals surface area contributed by atoms with E-state index in [4.69, 9.17) is 24.5 Å². The number of alkyl halides is 3. The number of ether oxygens (including phenoxy) is 2. The molecular weight excluding hydrogens is 493 g/mol. The third-order valence-corrected chi connectivity index (χ3v) is 5.43. The number of carbonyl (C=O) groups is 2. The fraction of sp³-hybridized carbons (Fsp3) is 0.360. The molecule has 0 spiro atoms. The SMILES string of the molecule is COc1cc(CCC(=O)NCC2OCCc3cn(Cc4ccccc4)nc32)ccn1.O=C(O)C(F)(F)F. The Morgan fingerprint density at radius 1 is 1.22 bits per heavy atom. The molecule has 1 amide bonds. The van der Waals surface area contributed by atoms with E-state index in [1.807, 2.05) is 35.0 Å². The second kappa shape index (κ2) is 12.9. The van der Waals surface area contributed by atoms with Gasteiger partial charge in [0, 0.05) is 31.4 Å². The van der Waals surface area contributed by atoms with E-state index in [2.05, 4.69) is 28.6 Å². The minimum absolute atomic E-state index is 0.00905. The third kappa shape index (κ3) is 8.60. The number of fused-ring (bicyclic) bond motifs is 1. The predicted octanol–water partition coefficient (Wildman–Crippen LogP) is 3.33. The third-order valence-electron chi connectivity index (χ3n) is 5.43. The highest BCUT2D eigenvalue weighted by Crippen LogP contribution is 2.25. The summed E-state index contributed by atoms with van der Waals surface area (Å²) < 4.78 is 44.7. The number of carbonyl (C=O) groups excluding carboxylic acids is 1. The summed E-state index contributed by atoms with van der Waals surface area (Å²) in [5.41, 5.74) is 4.35. The van der Waals surface area contributed by atoms with Gasteiger partial charge in [0.15, 0.2) is 0 Å². The van der Waals surface area contributed by atoms with Gasteiger partial charge in [-0.25, -0.2) is 9.78 Å². The monoisotopic (exact) mass is 520 g/mol. The number of aliphatic carboxylic acids is 1. The van der Waals surface area contributed by atoms with Gasteiger partial charge in [0.1, 0.15) is 6.10 Å². The van der Waals surface area contributed by atoms with Crippen molar-refractivity contribution in [1.82, 2.24) is 20.1 Å². The van der Waals surface area contributed by atoms with E-state index in [-0.39, 0.29) is 12.0 Å². The van der Waals surface area contributed by atoms with Gasteiger partial charge in [-0.05, 0) is 35.6 Å². The number of hydrogen-bond acceptors (Lipinski definition) is 6. The lowest BCUT2D eigenvalue weighted by Crippen LogP contribution is -2.32. The van der Waals surface area contributed by atoms with Crippen molar-refractivity contribution in [3.63, 3.8) is 0 Å². The van der Waals surface area contributed by atoms with Crippen LogP contribution in [0.15, 0.2) is 54.9 Å². The van der Waals surface area contributed by atoms with Gasteiger partial charge in [-0.15, -0.1) is 0 Å². The summed E-state index contributed by atoms with van der Waals surface area (Å²) >= 11 is 0. The summed E-state index contributed by atoms with van der Waals surface area (Å²) in [6.45, 7) is 1.79. The van der Waals surface area contributed by atoms with Crippen LogP contribution in [0.2, 0.25) is 0 Å². The van der Waals surface area contributed by atoms with Crippen LogP contribution in [0.3, 0.4) is 0 Å². The van der Waals surface area contributed by atoms with E-state index in [1.165, 1.54) is 11.1 Å². The highest BCUT2D eigenvalue weighted by atomic mass is 19.4. The Morgan fingerprint density at radius 3 is 2.62 bits per heavy atom. The molecule has 0 bridgehead atoms. The molecule has 3 heterocycles. The first-order chi connectivity index (χ1) is 17.7. The lowest BCUT2D eigenvalue weighted by molar-refractivity contribution is -0.192. The number of aromatic nitrogens is 3. The van der Waals surface area contributed by atoms with Crippen molar-refractivity contribution in [3.05, 3.63) is 77.2 Å². The zero-order chi connectivity index (χ0) is 26.8. The molecule has 0 radical (unpaired) electrons. The number of pyridine rings is 1. The van der Waals surface area contributed by atoms with Crippen LogP contribution in [0.25, 0.3) is 0 Å². The second-order valence-corrected chi connectivity index (χ2v) is 8.15. The normalized spacial score (nSPS) is 14.6. The van der Waals surface area contributed by atoms with Crippen molar-refractivity contribution in [2.24, 2.45) is 0 Å². The van der Waals surface area contributed by atoms with Crippen LogP contribution in [0.1, 0.15) is 34.9 Å². The number of rotatable bonds is 8. The quantitative estimate of drug-likeness (QED) is 0.468. The summed E-state index contributed by atoms with van der Waals surface area (Å²) in [5.74, 6) is -2.21. The molecule has 0 fully saturated rings. The van der Waals surface area contributed by atoms with Gasteiger partial charge in [0.25, 0.3) is 0 Å². The highest BCUT2D eigenvalue weighted by Gasteiger charge is 2.38. The molecule has 0 aliphatic carbocycles. The lowest BCUT2D eigenvalue weighted by atomic mass is 10.1. The van der Waals surface area contributed by atoms with Crippen LogP contribution in [-0.4, -0.2) is 58.2 Å². The summed E-state index contributed by atoms with van der Waals surface area (Å²) in [6, 6.07) is 14.0. The molecule has 1 aliphatic rings. The van der Waals surface area contributed by atoms with Crippen LogP contribution < -0.4 is 10.1 Å². The standard InChI is InChI=1S/C23H26N4O3.C2HF3O2/c1-29-22-13-17(9-11-24-22)7-8-21(28)25-14-20-23-19(10-12-30-20)16-27(26-23)15-18-5-3-2-4-6-18;3-2(4,5)1(6)7/h2-6,9,11,13,16,20H,7-8,10,12,14-15H2,1H3,(H,25,28);(H,6,7). The highest BCUT2D eigenvalue weighted by molar-refractivity contribution is 5.76. The molecule has 1 unspecified atom stereocenters. The van der Waals surface area contributed by atoms with Crippen LogP contribution in [0.5, 0.6) is 5.88 Å². The van der Waals surface area contributed by atoms with Crippen molar-refractivity contribution >= 4 is 11.9 Å². The average molecular weight is 521 g/mol. The van der Waals surface area contributed by atoms with E-state index in [1.54, 1.807) is 13.3 Å². The Bertz CT molecular complexity index is 1180. The molecule has 12 heteroatoms. The molecule has 1 aliphatic heterocycles. The zero-order valence-electron chi connectivity index (χ0n) is 20.1. The molecule has 3 aromatic rings. The van der Waals surface area contributed by atoms with Crippen molar-refractivity contribution in [1.29, 1.82) is 0 Å². The van der Waals surface area contributed by atoms with Crippen LogP contribution in [-0.2, 0) is 33.7 Å². The lowest BCUT2D eigenvalue weighted by Gasteiger charge is -2.22. The predicted molar refractivity (Wildman–Crippen MR) is 126 cm³/mol. The van der Waals surface area contributed by atoms with Crippen LogP contribution in [0.4, 0.5) is 13.2 Å². The number of nitrogens with zero attached hydrogens (tertiary/aromatic N) is 3. The van der Waals surface area contributed by atoms with Gasteiger partial charge in [0.2, 0.25) is 11.8 Å². The van der Waals surface area contributed by atoms with Crippen LogP contribution in [0, 0.1) is 0 Å². The smallest absolute Gasteiger partial charge is 0.481 e. The Kier molecular flexibility index (Phi) is 9.61. The second-order valence-electron chi connectivity index (χ2n) is 8.15. The molecule has 2 N–H and O–H groups in total. The molecule has 0 saturated carbocycles. The van der Waals surface area contributed by atoms with E-state index >= 15 is 0 Å². The summed E-state index contributed by atoms with van der Waals surface area (Å²) in [6.07, 6.45) is 0.364. The van der Waals surface area contributed by atoms with E-state index < -0.39 is 12.1 Å². The Balaban J connectivity index is 0.000000479. The van der Waals surface area contributed by atoms with Crippen molar-refractivity contribution in [2.45, 2.75) is 38.1 Å². The fourth-order valence-corrected chi connectivity index (χ4v) is 3.61. The van der Waals surface area contributed by atoms with Gasteiger partial charge < -0.3 is 19.9 Å². The van der Waals surface area contributed by atoms with Crippen molar-refractivity contribution in [2.75, 3.05) is 20.3 Å². The maximum atomic E-state index is 12.3. The van der Waals surface area contributed by atoms with Gasteiger partial charge >= 0.3 is 12.1 Å². The molecular formula is C25H27F3N4O5. The molecule has 4 rings (SSSR count). The number of halogens is 3. The molecule has 2 aromatic heterocycles. The Labute approximate surface area is 211 Å². The number of amides is 1. The molecule has 1 atom stereocenters. The van der Waals surface area contributed by atoms with E-state index in [0.717, 1.165) is 24.2 Å². The average Bonchev–Trinajstić information content (AvgIpc) is 3.29. The number of aryl methyl sites for hydroxylation is 1. The van der Waals surface area contributed by atoms with Crippen molar-refractivity contribution in [3.8, 4) is 5.88 Å². The van der Waals surface area contributed by atoms with Gasteiger partial charge in [0.05, 0.1) is 26.0 Å². The number of hydrogen-bond donors (Lipinski definition) is 2. The number of benzene rings is 1. The topological polar surface area (TPSA) is 116 Å². The van der Waals surface area contributed by atoms with Gasteiger partial charge in [-0.3, -0.25) is 9.48 Å².